The van der Waals surface area contributed by atoms with Gasteiger partial charge in [-0.2, -0.15) is 4.99 Å². The van der Waals surface area contributed by atoms with Crippen molar-refractivity contribution < 1.29 is 9.73 Å². The predicted molar refractivity (Wildman–Crippen MR) is 177 cm³/mol. The Morgan fingerprint density at radius 1 is 0.750 bits per heavy atom. The minimum atomic E-state index is -0.547. The van der Waals surface area contributed by atoms with Gasteiger partial charge in [-0.1, -0.05) is 77.5 Å². The van der Waals surface area contributed by atoms with E-state index in [4.69, 9.17) is 14.4 Å². The molecular weight excluding hydrogens is 546 g/mol. The van der Waals surface area contributed by atoms with Crippen molar-refractivity contribution >= 4 is 57.4 Å². The summed E-state index contributed by atoms with van der Waals surface area (Å²) in [5.41, 5.74) is 8.60. The number of aliphatic imine (C=N–C) groups is 2. The number of para-hydroxylation sites is 1. The van der Waals surface area contributed by atoms with Crippen LogP contribution in [0.3, 0.4) is 0 Å². The number of rotatable bonds is 5. The van der Waals surface area contributed by atoms with Crippen LogP contribution >= 0.6 is 0 Å². The average molecular weight is 572 g/mol. The highest BCUT2D eigenvalue weighted by Crippen LogP contribution is 2.59. The van der Waals surface area contributed by atoms with E-state index in [1.54, 1.807) is 18.5 Å². The van der Waals surface area contributed by atoms with Crippen LogP contribution in [0, 0.1) is 5.21 Å². The van der Waals surface area contributed by atoms with Crippen LogP contribution in [0.15, 0.2) is 141 Å². The lowest BCUT2D eigenvalue weighted by Crippen LogP contribution is -2.89. The summed E-state index contributed by atoms with van der Waals surface area (Å²) in [6, 6.07) is 38.7. The van der Waals surface area contributed by atoms with E-state index in [-0.39, 0.29) is 6.17 Å². The van der Waals surface area contributed by atoms with Gasteiger partial charge in [0.2, 0.25) is 29.1 Å². The number of nitrogens with two attached hydrogens (primary N) is 1. The van der Waals surface area contributed by atoms with Gasteiger partial charge in [0.25, 0.3) is 6.21 Å². The molecule has 0 aliphatic carbocycles. The van der Waals surface area contributed by atoms with Crippen LogP contribution in [0.4, 0.5) is 11.4 Å². The third-order valence-electron chi connectivity index (χ3n) is 8.59. The van der Waals surface area contributed by atoms with Crippen molar-refractivity contribution in [3.05, 3.63) is 149 Å². The summed E-state index contributed by atoms with van der Waals surface area (Å²) in [6.45, 7) is 0. The van der Waals surface area contributed by atoms with Crippen LogP contribution in [-0.2, 0) is 0 Å². The van der Waals surface area contributed by atoms with E-state index in [1.807, 2.05) is 72.8 Å². The predicted octanol–water partition coefficient (Wildman–Crippen LogP) is 6.28. The third-order valence-corrected chi connectivity index (χ3v) is 8.59. The van der Waals surface area contributed by atoms with Crippen molar-refractivity contribution in [2.45, 2.75) is 6.17 Å². The molecule has 0 saturated heterocycles. The molecule has 2 N–H and O–H groups in total. The molecule has 2 atom stereocenters. The normalized spacial score (nSPS) is 20.0. The highest BCUT2D eigenvalue weighted by molar-refractivity contribution is 6.14. The molecule has 0 saturated carbocycles. The Kier molecular flexibility index (Phi) is 5.32. The highest BCUT2D eigenvalue weighted by atomic mass is 16.6. The van der Waals surface area contributed by atoms with E-state index < -0.39 is 4.65 Å². The maximum atomic E-state index is 13.5. The first-order chi connectivity index (χ1) is 21.7. The summed E-state index contributed by atoms with van der Waals surface area (Å²) in [6.07, 6.45) is 4.91. The molecule has 4 heterocycles. The van der Waals surface area contributed by atoms with E-state index in [0.29, 0.717) is 11.5 Å². The molecule has 2 unspecified atom stereocenters. The van der Waals surface area contributed by atoms with Gasteiger partial charge in [0, 0.05) is 39.6 Å². The lowest BCUT2D eigenvalue weighted by molar-refractivity contribution is -0.586. The monoisotopic (exact) mass is 571 g/mol. The number of quaternary nitrogens is 2. The second-order valence-electron chi connectivity index (χ2n) is 11.2. The molecule has 0 bridgehead atoms. The smallest absolute Gasteiger partial charge is 0.353 e. The first kappa shape index (κ1) is 24.9. The summed E-state index contributed by atoms with van der Waals surface area (Å²) < 4.78 is 10.1. The number of amidine groups is 2. The van der Waals surface area contributed by atoms with Gasteiger partial charge in [0.1, 0.15) is 11.2 Å². The number of benzene rings is 5. The van der Waals surface area contributed by atoms with Crippen molar-refractivity contribution in [1.82, 2.24) is 9.31 Å². The Morgan fingerprint density at radius 2 is 1.57 bits per heavy atom. The van der Waals surface area contributed by atoms with Crippen LogP contribution in [0.5, 0.6) is 0 Å². The molecule has 0 amide bonds. The van der Waals surface area contributed by atoms with Crippen molar-refractivity contribution in [3.63, 3.8) is 0 Å². The number of furan rings is 1. The molecule has 44 heavy (non-hydrogen) atoms. The summed E-state index contributed by atoms with van der Waals surface area (Å²) >= 11 is 0. The summed E-state index contributed by atoms with van der Waals surface area (Å²) in [7, 11) is 0. The first-order valence-corrected chi connectivity index (χ1v) is 14.6. The third kappa shape index (κ3) is 3.79. The lowest BCUT2D eigenvalue weighted by Gasteiger charge is -2.19. The fourth-order valence-electron chi connectivity index (χ4n) is 6.29. The topological polar surface area (TPSA) is 91.6 Å². The Labute approximate surface area is 252 Å². The van der Waals surface area contributed by atoms with Gasteiger partial charge in [-0.25, -0.2) is 9.64 Å². The molecule has 0 spiro atoms. The number of hydrogen-bond donors (Lipinski definition) is 1. The van der Waals surface area contributed by atoms with Crippen LogP contribution in [0.1, 0.15) is 22.9 Å². The molecule has 7 nitrogen and oxygen atoms in total. The molecular formula is C37H25N5O2+2. The van der Waals surface area contributed by atoms with Gasteiger partial charge in [0.05, 0.1) is 11.6 Å². The number of fused-ring (bicyclic) bond motifs is 4. The minimum absolute atomic E-state index is 0.154. The van der Waals surface area contributed by atoms with E-state index in [9.17, 15) is 5.21 Å². The SMILES string of the molecule is [O-][N+]1(C2=CC=[N+]=C2)c2ccc(-c3cccc4c3oc3cc(C5=NC(c6ccccc6)[NH2+]C(c6ccccc6)=N5)ccc34)cc21. The Hall–Kier alpha value is -5.69. The molecule has 6 aromatic rings. The number of hydroxylamine groups is 1. The quantitative estimate of drug-likeness (QED) is 0.114. The molecule has 208 valence electrons. The number of allylic oxidation sites excluding steroid dienone is 2. The summed E-state index contributed by atoms with van der Waals surface area (Å²) in [5.74, 6) is 1.56. The van der Waals surface area contributed by atoms with Crippen molar-refractivity contribution in [2.24, 2.45) is 9.98 Å². The summed E-state index contributed by atoms with van der Waals surface area (Å²) in [4.78, 5) is 10.1. The van der Waals surface area contributed by atoms with Gasteiger partial charge in [-0.05, 0) is 35.9 Å². The van der Waals surface area contributed by atoms with Gasteiger partial charge < -0.3 is 9.62 Å². The van der Waals surface area contributed by atoms with Crippen LogP contribution in [0.2, 0.25) is 0 Å². The molecule has 5 aromatic carbocycles. The lowest BCUT2D eigenvalue weighted by atomic mass is 10.0. The van der Waals surface area contributed by atoms with Gasteiger partial charge >= 0.3 is 6.21 Å². The van der Waals surface area contributed by atoms with Gasteiger partial charge in [-0.15, -0.1) is 0 Å². The van der Waals surface area contributed by atoms with Crippen molar-refractivity contribution in [2.75, 3.05) is 0 Å². The zero-order valence-corrected chi connectivity index (χ0v) is 23.5. The van der Waals surface area contributed by atoms with E-state index in [2.05, 4.69) is 52.4 Å². The average Bonchev–Trinajstić information content (AvgIpc) is 3.46. The zero-order valence-electron chi connectivity index (χ0n) is 23.5. The van der Waals surface area contributed by atoms with Gasteiger partial charge in [0.15, 0.2) is 5.84 Å². The fraction of sp³-hybridized carbons (Fsp3) is 0.0270. The molecule has 3 aliphatic rings. The molecule has 1 aromatic heterocycles. The highest BCUT2D eigenvalue weighted by Gasteiger charge is 2.51. The van der Waals surface area contributed by atoms with Crippen LogP contribution in [0.25, 0.3) is 33.1 Å². The van der Waals surface area contributed by atoms with Gasteiger partial charge in [-0.3, -0.25) is 5.32 Å². The van der Waals surface area contributed by atoms with Crippen LogP contribution < -0.4 is 14.6 Å². The molecule has 7 heteroatoms. The molecule has 0 radical (unpaired) electrons. The van der Waals surface area contributed by atoms with Crippen molar-refractivity contribution in [1.29, 1.82) is 0 Å². The zero-order chi connectivity index (χ0) is 29.3. The Bertz CT molecular complexity index is 2310. The molecule has 9 rings (SSSR count). The van der Waals surface area contributed by atoms with Crippen LogP contribution in [-0.4, -0.2) is 24.1 Å². The van der Waals surface area contributed by atoms with E-state index in [1.165, 1.54) is 0 Å². The second-order valence-corrected chi connectivity index (χ2v) is 11.2. The first-order valence-electron chi connectivity index (χ1n) is 14.6. The Morgan fingerprint density at radius 3 is 2.39 bits per heavy atom. The Balaban J connectivity index is 1.13. The maximum Gasteiger partial charge on any atom is 0.353 e. The summed E-state index contributed by atoms with van der Waals surface area (Å²) in [5, 5.41) is 17.7. The fourth-order valence-corrected chi connectivity index (χ4v) is 6.29. The largest absolute Gasteiger partial charge is 0.616 e. The maximum absolute atomic E-state index is 13.5. The van der Waals surface area contributed by atoms with E-state index >= 15 is 0 Å². The second kappa shape index (κ2) is 9.41. The minimum Gasteiger partial charge on any atom is -0.616 e. The number of nitrogens with zero attached hydrogens (tertiary/aromatic N) is 4. The standard InChI is InChI=1S/C37H24N5O2/c43-42(27-18-19-38-22-27)31-17-15-25(20-32(31)42)28-12-7-13-30-29-16-14-26(21-33(29)44-34(28)30)37-40-35(23-8-3-1-4-9-23)39-36(41-37)24-10-5-2-6-11-24/h1-22,35H,(H,39,40,41)/q+1/p+1. The van der Waals surface area contributed by atoms with Crippen molar-refractivity contribution in [3.8, 4) is 11.1 Å². The molecule has 3 aliphatic heterocycles. The number of hydrogen-bond acceptors (Lipinski definition) is 4. The van der Waals surface area contributed by atoms with E-state index in [0.717, 1.165) is 67.0 Å². The molecule has 0 fully saturated rings.